The molecule has 0 aromatic heterocycles. The van der Waals surface area contributed by atoms with Gasteiger partial charge >= 0.3 is 169 Å². The van der Waals surface area contributed by atoms with E-state index in [1.54, 1.807) is 6.92 Å². The van der Waals surface area contributed by atoms with Crippen LogP contribution in [0.4, 0.5) is 0 Å². The van der Waals surface area contributed by atoms with Gasteiger partial charge in [-0.2, -0.15) is 0 Å². The first-order valence-electron chi connectivity index (χ1n) is 9.84. The first-order valence-corrected chi connectivity index (χ1v) is 14.1. The van der Waals surface area contributed by atoms with E-state index in [9.17, 15) is 24.2 Å². The summed E-state index contributed by atoms with van der Waals surface area (Å²) >= 11 is -1.21. The quantitative estimate of drug-likeness (QED) is 0.266. The van der Waals surface area contributed by atoms with Crippen molar-refractivity contribution in [2.24, 2.45) is 17.6 Å². The number of amides is 1. The predicted molar refractivity (Wildman–Crippen MR) is 110 cm³/mol. The number of nitrogens with two attached hydrogens (primary N) is 1. The number of aliphatic hydroxyl groups is 1. The van der Waals surface area contributed by atoms with Crippen LogP contribution in [0.25, 0.3) is 0 Å². The number of carbonyl (C=O) groups is 2. The molecule has 1 rings (SSSR count). The van der Waals surface area contributed by atoms with Gasteiger partial charge in [-0.15, -0.1) is 0 Å². The summed E-state index contributed by atoms with van der Waals surface area (Å²) < 4.78 is 12.0. The molecule has 0 aromatic carbocycles. The molecule has 1 aliphatic rings. The fourth-order valence-corrected chi connectivity index (χ4v) is 7.88. The van der Waals surface area contributed by atoms with E-state index >= 15 is 0 Å². The molecule has 0 aromatic rings. The van der Waals surface area contributed by atoms with Crippen molar-refractivity contribution in [1.82, 2.24) is 5.32 Å². The van der Waals surface area contributed by atoms with E-state index in [-0.39, 0.29) is 41.2 Å². The Bertz CT molecular complexity index is 538. The zero-order chi connectivity index (χ0) is 20.6. The van der Waals surface area contributed by atoms with Crippen molar-refractivity contribution >= 4 is 33.6 Å². The third-order valence-electron chi connectivity index (χ3n) is 4.94. The Morgan fingerprint density at radius 3 is 2.33 bits per heavy atom. The van der Waals surface area contributed by atoms with Gasteiger partial charge in [-0.3, -0.25) is 0 Å². The van der Waals surface area contributed by atoms with Gasteiger partial charge < -0.3 is 0 Å². The Kier molecular flexibility index (Phi) is 10.8. The van der Waals surface area contributed by atoms with Gasteiger partial charge in [-0.05, 0) is 0 Å². The normalized spacial score (nSPS) is 21.7. The Morgan fingerprint density at radius 2 is 1.81 bits per heavy atom. The van der Waals surface area contributed by atoms with Gasteiger partial charge in [0.15, 0.2) is 0 Å². The molecule has 5 unspecified atom stereocenters. The fraction of sp³-hybridized carbons (Fsp3) is 0.889. The predicted octanol–water partition coefficient (Wildman–Crippen LogP) is 1.07. The van der Waals surface area contributed by atoms with Crippen molar-refractivity contribution in [3.05, 3.63) is 0 Å². The summed E-state index contributed by atoms with van der Waals surface area (Å²) in [7, 11) is -3.42. The molecule has 1 saturated carbocycles. The van der Waals surface area contributed by atoms with Crippen LogP contribution in [0.2, 0.25) is 4.71 Å². The van der Waals surface area contributed by atoms with Crippen LogP contribution in [0.3, 0.4) is 0 Å². The van der Waals surface area contributed by atoms with Crippen LogP contribution in [-0.4, -0.2) is 67.2 Å². The summed E-state index contributed by atoms with van der Waals surface area (Å²) in [6.07, 6.45) is 4.33. The van der Waals surface area contributed by atoms with Crippen molar-refractivity contribution in [3.63, 3.8) is 0 Å². The minimum absolute atomic E-state index is 0.0000790. The Morgan fingerprint density at radius 1 is 1.22 bits per heavy atom. The number of rotatable bonds is 11. The van der Waals surface area contributed by atoms with Crippen molar-refractivity contribution in [3.8, 4) is 0 Å². The average molecular weight is 466 g/mol. The molecule has 9 heteroatoms. The third-order valence-corrected chi connectivity index (χ3v) is 11.2. The molecule has 1 aliphatic carbocycles. The molecule has 0 spiro atoms. The van der Waals surface area contributed by atoms with Crippen LogP contribution in [0.15, 0.2) is 0 Å². The standard InChI is InChI=1S/C18H36AsN2O5P/c1-12(2)16(19-17(23)13(3)20)18(24)21-9-15(22)11-27(25,26)10-14-7-5-4-6-8-14/h12-16,19,22H,4-11,20H2,1-3H3,(H,21,24)(H,25,26). The van der Waals surface area contributed by atoms with Crippen molar-refractivity contribution in [2.45, 2.75) is 69.7 Å². The van der Waals surface area contributed by atoms with E-state index in [0.717, 1.165) is 25.7 Å². The van der Waals surface area contributed by atoms with Crippen LogP contribution in [0, 0.1) is 11.8 Å². The summed E-state index contributed by atoms with van der Waals surface area (Å²) in [5.41, 5.74) is 5.60. The second kappa shape index (κ2) is 11.7. The van der Waals surface area contributed by atoms with Crippen LogP contribution in [0.1, 0.15) is 52.9 Å². The van der Waals surface area contributed by atoms with Gasteiger partial charge in [-0.1, -0.05) is 0 Å². The molecule has 0 bridgehead atoms. The van der Waals surface area contributed by atoms with Crippen LogP contribution in [0.5, 0.6) is 0 Å². The van der Waals surface area contributed by atoms with Gasteiger partial charge in [0.1, 0.15) is 0 Å². The Balaban J connectivity index is 2.48. The summed E-state index contributed by atoms with van der Waals surface area (Å²) in [5.74, 6) is -0.0189. The zero-order valence-corrected chi connectivity index (χ0v) is 19.7. The fourth-order valence-electron chi connectivity index (χ4n) is 3.39. The van der Waals surface area contributed by atoms with E-state index in [1.165, 1.54) is 6.42 Å². The summed E-state index contributed by atoms with van der Waals surface area (Å²) in [4.78, 5) is 34.5. The van der Waals surface area contributed by atoms with E-state index in [2.05, 4.69) is 5.32 Å². The van der Waals surface area contributed by atoms with Gasteiger partial charge in [0, 0.05) is 0 Å². The summed E-state index contributed by atoms with van der Waals surface area (Å²) in [6, 6.07) is -0.565. The van der Waals surface area contributed by atoms with Crippen LogP contribution in [-0.2, 0) is 14.2 Å². The monoisotopic (exact) mass is 466 g/mol. The molecule has 0 aliphatic heterocycles. The maximum absolute atomic E-state index is 12.4. The first kappa shape index (κ1) is 24.8. The number of aliphatic hydroxyl groups excluding tert-OH is 1. The molecule has 1 amide bonds. The van der Waals surface area contributed by atoms with Crippen molar-refractivity contribution in [2.75, 3.05) is 18.9 Å². The molecule has 7 nitrogen and oxygen atoms in total. The molecular formula is C18H36AsN2O5P. The first-order chi connectivity index (χ1) is 12.5. The third kappa shape index (κ3) is 9.71. The van der Waals surface area contributed by atoms with Gasteiger partial charge in [0.25, 0.3) is 0 Å². The molecular weight excluding hydrogens is 430 g/mol. The van der Waals surface area contributed by atoms with E-state index in [4.69, 9.17) is 5.73 Å². The van der Waals surface area contributed by atoms with Gasteiger partial charge in [-0.25, -0.2) is 0 Å². The van der Waals surface area contributed by atoms with Gasteiger partial charge in [0.05, 0.1) is 0 Å². The molecule has 158 valence electrons. The van der Waals surface area contributed by atoms with E-state index < -0.39 is 40.0 Å². The molecule has 5 N–H and O–H groups in total. The van der Waals surface area contributed by atoms with E-state index in [0.29, 0.717) is 0 Å². The van der Waals surface area contributed by atoms with Crippen molar-refractivity contribution < 1.29 is 24.2 Å². The number of hydrogen-bond acceptors (Lipinski definition) is 5. The molecule has 5 atom stereocenters. The summed E-state index contributed by atoms with van der Waals surface area (Å²) in [5, 5.41) is 12.8. The van der Waals surface area contributed by atoms with Gasteiger partial charge in [0.2, 0.25) is 0 Å². The molecule has 27 heavy (non-hydrogen) atoms. The topological polar surface area (TPSA) is 130 Å². The number of carbonyl (C=O) groups excluding carboxylic acids is 2. The summed E-state index contributed by atoms with van der Waals surface area (Å²) in [6.45, 7) is 5.31. The molecule has 0 radical (unpaired) electrons. The second-order valence-corrected chi connectivity index (χ2v) is 13.5. The van der Waals surface area contributed by atoms with E-state index in [1.807, 2.05) is 13.8 Å². The minimum atomic E-state index is -3.42. The SMILES string of the molecule is CC(N)C(=O)[AsH]C(C(=O)NCC(O)CP(=O)(O)CC1CCCCC1)C(C)C. The number of hydrogen-bond donors (Lipinski definition) is 4. The van der Waals surface area contributed by atoms with Crippen molar-refractivity contribution in [1.29, 1.82) is 0 Å². The Labute approximate surface area is 169 Å². The van der Waals surface area contributed by atoms with Crippen LogP contribution < -0.4 is 11.1 Å². The zero-order valence-electron chi connectivity index (χ0n) is 16.7. The molecule has 0 saturated heterocycles. The Hall–Kier alpha value is -0.192. The molecule has 0 heterocycles. The maximum atomic E-state index is 12.4. The second-order valence-electron chi connectivity index (χ2n) is 8.13. The number of nitrogens with one attached hydrogen (secondary N) is 1. The average Bonchev–Trinajstić information content (AvgIpc) is 2.56. The van der Waals surface area contributed by atoms with Crippen LogP contribution >= 0.6 is 7.37 Å². The molecule has 1 fully saturated rings.